The molecule has 2 heterocycles. The molecule has 2 radical (unpaired) electrons. The topological polar surface area (TPSA) is 123 Å². The zero-order valence-corrected chi connectivity index (χ0v) is 12.2. The smallest absolute Gasteiger partial charge is 0.171 e. The first kappa shape index (κ1) is 15.3. The number of hydrogen-bond donors (Lipinski definition) is 4. The molecule has 0 aliphatic rings. The summed E-state index contributed by atoms with van der Waals surface area (Å²) in [6.07, 6.45) is 1.42. The Balaban J connectivity index is 2.45. The average molecular weight is 313 g/mol. The van der Waals surface area contributed by atoms with Crippen LogP contribution in [0.5, 0.6) is 0 Å². The number of aryl methyl sites for hydroxylation is 1. The lowest BCUT2D eigenvalue weighted by Gasteiger charge is -2.16. The normalized spacial score (nSPS) is 12.0. The monoisotopic (exact) mass is 313 g/mol. The van der Waals surface area contributed by atoms with E-state index in [0.717, 1.165) is 6.07 Å². The molecule has 0 fully saturated rings. The molecule has 0 unspecified atom stereocenters. The molecule has 6 N–H and O–H groups in total. The maximum Gasteiger partial charge on any atom is 0.171 e. The van der Waals surface area contributed by atoms with Gasteiger partial charge in [-0.3, -0.25) is 4.40 Å². The number of rotatable bonds is 2. The number of imidazole rings is 1. The van der Waals surface area contributed by atoms with Gasteiger partial charge in [-0.1, -0.05) is 0 Å². The van der Waals surface area contributed by atoms with Crippen molar-refractivity contribution in [3.8, 4) is 11.3 Å². The number of benzene rings is 1. The van der Waals surface area contributed by atoms with Crippen LogP contribution in [0.15, 0.2) is 24.4 Å². The van der Waals surface area contributed by atoms with Crippen molar-refractivity contribution in [2.45, 2.75) is 12.6 Å². The highest BCUT2D eigenvalue weighted by Gasteiger charge is 2.29. The SMILES string of the molecule is [B]C(O)(O)c1nc(-c2ccc(N)cc2F)c2c(N)ncc(C)n12. The Kier molecular flexibility index (Phi) is 3.27. The fourth-order valence-corrected chi connectivity index (χ4v) is 2.44. The third kappa shape index (κ3) is 2.39. The van der Waals surface area contributed by atoms with E-state index in [1.54, 1.807) is 6.92 Å². The highest BCUT2D eigenvalue weighted by Crippen LogP contribution is 2.33. The lowest BCUT2D eigenvalue weighted by molar-refractivity contribution is -0.0982. The lowest BCUT2D eigenvalue weighted by Crippen LogP contribution is -2.28. The number of halogens is 1. The molecular formula is C14H13BFN5O2. The Labute approximate surface area is 131 Å². The summed E-state index contributed by atoms with van der Waals surface area (Å²) < 4.78 is 15.6. The molecule has 0 saturated heterocycles. The van der Waals surface area contributed by atoms with Crippen LogP contribution in [0.25, 0.3) is 16.8 Å². The fraction of sp³-hybridized carbons (Fsp3) is 0.143. The van der Waals surface area contributed by atoms with Gasteiger partial charge in [0, 0.05) is 23.1 Å². The highest BCUT2D eigenvalue weighted by molar-refractivity contribution is 6.13. The Hall–Kier alpha value is -2.65. The second-order valence-electron chi connectivity index (χ2n) is 5.22. The highest BCUT2D eigenvalue weighted by atomic mass is 19.1. The van der Waals surface area contributed by atoms with Crippen LogP contribution < -0.4 is 11.5 Å². The second kappa shape index (κ2) is 4.93. The molecule has 7 nitrogen and oxygen atoms in total. The van der Waals surface area contributed by atoms with Gasteiger partial charge in [-0.25, -0.2) is 14.4 Å². The molecular weight excluding hydrogens is 300 g/mol. The number of nitrogens with two attached hydrogens (primary N) is 2. The first-order valence-corrected chi connectivity index (χ1v) is 6.63. The summed E-state index contributed by atoms with van der Waals surface area (Å²) in [6.45, 7) is 1.65. The number of anilines is 2. The van der Waals surface area contributed by atoms with Crippen molar-refractivity contribution in [3.63, 3.8) is 0 Å². The van der Waals surface area contributed by atoms with E-state index in [4.69, 9.17) is 19.3 Å². The number of nitrogen functional groups attached to an aromatic ring is 2. The van der Waals surface area contributed by atoms with Crippen LogP contribution in [0, 0.1) is 12.7 Å². The first-order valence-electron chi connectivity index (χ1n) is 6.63. The van der Waals surface area contributed by atoms with Crippen LogP contribution in [0.2, 0.25) is 0 Å². The van der Waals surface area contributed by atoms with Gasteiger partial charge in [0.25, 0.3) is 0 Å². The molecule has 0 saturated carbocycles. The van der Waals surface area contributed by atoms with Gasteiger partial charge in [0.2, 0.25) is 0 Å². The standard InChI is InChI=1S/C14H13BFN5O2/c1-6-5-19-12(18)11-10(8-3-2-7(17)4-9(8)16)20-13(21(6)11)14(15,22)23/h2-5,22-23H,17H2,1H3,(H2,18,19). The molecule has 9 heteroatoms. The lowest BCUT2D eigenvalue weighted by atomic mass is 9.94. The Morgan fingerprint density at radius 1 is 1.30 bits per heavy atom. The van der Waals surface area contributed by atoms with Crippen LogP contribution in [0.1, 0.15) is 11.5 Å². The van der Waals surface area contributed by atoms with Crippen molar-refractivity contribution in [3.05, 3.63) is 41.7 Å². The summed E-state index contributed by atoms with van der Waals surface area (Å²) in [5.74, 6) is -0.883. The molecule has 3 aromatic rings. The molecule has 0 aliphatic carbocycles. The third-order valence-electron chi connectivity index (χ3n) is 3.44. The molecule has 23 heavy (non-hydrogen) atoms. The van der Waals surface area contributed by atoms with Gasteiger partial charge in [0.15, 0.2) is 19.4 Å². The molecule has 1 aromatic carbocycles. The van der Waals surface area contributed by atoms with E-state index in [1.807, 2.05) is 0 Å². The van der Waals surface area contributed by atoms with Gasteiger partial charge in [-0.05, 0) is 25.1 Å². The quantitative estimate of drug-likeness (QED) is 0.306. The van der Waals surface area contributed by atoms with Crippen LogP contribution in [-0.2, 0) is 5.69 Å². The summed E-state index contributed by atoms with van der Waals surface area (Å²) in [5, 5.41) is 19.5. The van der Waals surface area contributed by atoms with E-state index >= 15 is 0 Å². The van der Waals surface area contributed by atoms with Gasteiger partial charge in [-0.15, -0.1) is 0 Å². The van der Waals surface area contributed by atoms with Gasteiger partial charge < -0.3 is 21.7 Å². The molecule has 2 aromatic heterocycles. The van der Waals surface area contributed by atoms with E-state index in [1.165, 1.54) is 22.7 Å². The minimum Gasteiger partial charge on any atom is -0.399 e. The Morgan fingerprint density at radius 2 is 2.00 bits per heavy atom. The summed E-state index contributed by atoms with van der Waals surface area (Å²) in [7, 11) is 5.35. The van der Waals surface area contributed by atoms with Crippen LogP contribution in [0.3, 0.4) is 0 Å². The van der Waals surface area contributed by atoms with Crippen molar-refractivity contribution < 1.29 is 14.6 Å². The van der Waals surface area contributed by atoms with E-state index in [9.17, 15) is 14.6 Å². The summed E-state index contributed by atoms with van der Waals surface area (Å²) in [4.78, 5) is 8.08. The molecule has 0 bridgehead atoms. The number of fused-ring (bicyclic) bond motifs is 1. The van der Waals surface area contributed by atoms with E-state index in [0.29, 0.717) is 5.69 Å². The van der Waals surface area contributed by atoms with Crippen molar-refractivity contribution in [1.29, 1.82) is 0 Å². The molecule has 0 amide bonds. The predicted molar refractivity (Wildman–Crippen MR) is 83.8 cm³/mol. The molecule has 0 atom stereocenters. The van der Waals surface area contributed by atoms with E-state index in [2.05, 4.69) is 9.97 Å². The predicted octanol–water partition coefficient (Wildman–Crippen LogP) is 0.272. The number of nitrogens with zero attached hydrogens (tertiary/aromatic N) is 3. The van der Waals surface area contributed by atoms with Crippen molar-refractivity contribution in [2.24, 2.45) is 0 Å². The fourth-order valence-electron chi connectivity index (χ4n) is 2.44. The Bertz CT molecular complexity index is 920. The summed E-state index contributed by atoms with van der Waals surface area (Å²) >= 11 is 0. The number of hydrogen-bond acceptors (Lipinski definition) is 6. The number of aromatic nitrogens is 3. The number of aliphatic hydroxyl groups is 2. The van der Waals surface area contributed by atoms with Gasteiger partial charge in [0.05, 0.1) is 0 Å². The van der Waals surface area contributed by atoms with Crippen molar-refractivity contribution in [2.75, 3.05) is 11.5 Å². The zero-order valence-electron chi connectivity index (χ0n) is 12.2. The molecule has 0 spiro atoms. The van der Waals surface area contributed by atoms with Crippen LogP contribution in [-0.4, -0.2) is 32.4 Å². The van der Waals surface area contributed by atoms with Gasteiger partial charge in [0.1, 0.15) is 22.8 Å². The van der Waals surface area contributed by atoms with E-state index in [-0.39, 0.29) is 34.1 Å². The van der Waals surface area contributed by atoms with Crippen LogP contribution in [0.4, 0.5) is 15.9 Å². The van der Waals surface area contributed by atoms with Crippen molar-refractivity contribution >= 4 is 24.9 Å². The van der Waals surface area contributed by atoms with Gasteiger partial charge >= 0.3 is 0 Å². The first-order chi connectivity index (χ1) is 10.7. The second-order valence-corrected chi connectivity index (χ2v) is 5.22. The zero-order chi connectivity index (χ0) is 16.9. The maximum atomic E-state index is 14.3. The van der Waals surface area contributed by atoms with E-state index < -0.39 is 11.5 Å². The summed E-state index contributed by atoms with van der Waals surface area (Å²) in [5.41, 5.74) is 9.83. The van der Waals surface area contributed by atoms with Crippen LogP contribution >= 0.6 is 0 Å². The minimum absolute atomic E-state index is 0.0461. The average Bonchev–Trinajstić information content (AvgIpc) is 2.84. The third-order valence-corrected chi connectivity index (χ3v) is 3.44. The Morgan fingerprint density at radius 3 is 2.61 bits per heavy atom. The molecule has 0 aliphatic heterocycles. The molecule has 116 valence electrons. The largest absolute Gasteiger partial charge is 0.399 e. The minimum atomic E-state index is -2.73. The maximum absolute atomic E-state index is 14.3. The molecule has 3 rings (SSSR count). The van der Waals surface area contributed by atoms with Gasteiger partial charge in [-0.2, -0.15) is 0 Å². The van der Waals surface area contributed by atoms with Crippen molar-refractivity contribution in [1.82, 2.24) is 14.4 Å². The summed E-state index contributed by atoms with van der Waals surface area (Å²) in [6, 6.07) is 4.05.